The molecule has 208 valence electrons. The molecule has 0 saturated carbocycles. The Morgan fingerprint density at radius 1 is 0.974 bits per heavy atom. The third-order valence-electron chi connectivity index (χ3n) is 6.68. The Morgan fingerprint density at radius 2 is 1.61 bits per heavy atom. The molecule has 8 heteroatoms. The number of amides is 3. The van der Waals surface area contributed by atoms with Crippen LogP contribution in [0.1, 0.15) is 76.3 Å². The fourth-order valence-electron chi connectivity index (χ4n) is 4.10. The van der Waals surface area contributed by atoms with Crippen LogP contribution in [-0.4, -0.2) is 45.7 Å². The first-order chi connectivity index (χ1) is 17.7. The number of aryl methyl sites for hydroxylation is 1. The summed E-state index contributed by atoms with van der Waals surface area (Å²) in [5.74, 6) is -0.662. The number of nitrogens with one attached hydrogen (secondary N) is 2. The average molecular weight is 542 g/mol. The fourth-order valence-corrected chi connectivity index (χ4v) is 4.35. The van der Waals surface area contributed by atoms with Gasteiger partial charge in [-0.1, -0.05) is 55.5 Å². The summed E-state index contributed by atoms with van der Waals surface area (Å²) in [4.78, 5) is 42.4. The van der Waals surface area contributed by atoms with E-state index in [0.717, 1.165) is 22.3 Å². The van der Waals surface area contributed by atoms with Gasteiger partial charge in [-0.25, -0.2) is 4.79 Å². The molecule has 0 radical (unpaired) electrons. The summed E-state index contributed by atoms with van der Waals surface area (Å²) in [5.41, 5.74) is 2.18. The number of hydrogen-bond acceptors (Lipinski definition) is 5. The predicted octanol–water partition coefficient (Wildman–Crippen LogP) is 5.50. The monoisotopic (exact) mass is 541 g/mol. The van der Waals surface area contributed by atoms with Crippen LogP contribution < -0.4 is 10.6 Å². The molecule has 2 aromatic rings. The summed E-state index contributed by atoms with van der Waals surface area (Å²) in [6, 6.07) is 13.5. The number of rotatable bonds is 10. The molecule has 2 unspecified atom stereocenters. The summed E-state index contributed by atoms with van der Waals surface area (Å²) < 4.78 is 5.39. The van der Waals surface area contributed by atoms with Gasteiger partial charge in [0.25, 0.3) is 0 Å². The second-order valence-electron chi connectivity index (χ2n) is 11.2. The normalized spacial score (nSPS) is 13.3. The molecule has 0 bridgehead atoms. The quantitative estimate of drug-likeness (QED) is 0.347. The molecule has 2 atom stereocenters. The maximum atomic E-state index is 14.2. The molecule has 38 heavy (non-hydrogen) atoms. The number of thiol groups is 1. The zero-order valence-electron chi connectivity index (χ0n) is 23.9. The maximum absolute atomic E-state index is 14.2. The van der Waals surface area contributed by atoms with Crippen LogP contribution in [0.25, 0.3) is 0 Å². The molecule has 2 aromatic carbocycles. The minimum absolute atomic E-state index is 0.0412. The van der Waals surface area contributed by atoms with Crippen molar-refractivity contribution >= 4 is 30.5 Å². The van der Waals surface area contributed by atoms with Crippen LogP contribution in [0.5, 0.6) is 0 Å². The van der Waals surface area contributed by atoms with Gasteiger partial charge in [0.1, 0.15) is 17.7 Å². The van der Waals surface area contributed by atoms with Gasteiger partial charge in [-0.05, 0) is 77.1 Å². The third kappa shape index (κ3) is 8.25. The molecule has 7 nitrogen and oxygen atoms in total. The van der Waals surface area contributed by atoms with Gasteiger partial charge >= 0.3 is 6.09 Å². The van der Waals surface area contributed by atoms with Crippen molar-refractivity contribution in [2.45, 2.75) is 91.6 Å². The van der Waals surface area contributed by atoms with E-state index in [1.54, 1.807) is 25.7 Å². The van der Waals surface area contributed by atoms with Gasteiger partial charge in [0.05, 0.1) is 0 Å². The van der Waals surface area contributed by atoms with E-state index in [1.807, 2.05) is 83.1 Å². The molecule has 3 amide bonds. The lowest BCUT2D eigenvalue weighted by Gasteiger charge is -2.45. The van der Waals surface area contributed by atoms with Crippen LogP contribution in [-0.2, 0) is 20.9 Å². The molecule has 0 saturated heterocycles. The van der Waals surface area contributed by atoms with E-state index in [4.69, 9.17) is 4.74 Å². The summed E-state index contributed by atoms with van der Waals surface area (Å²) in [5, 5.41) is 5.71. The molecule has 0 aliphatic heterocycles. The highest BCUT2D eigenvalue weighted by molar-refractivity contribution is 7.80. The van der Waals surface area contributed by atoms with Gasteiger partial charge in [-0.3, -0.25) is 9.59 Å². The van der Waals surface area contributed by atoms with Crippen LogP contribution in [0.15, 0.2) is 48.5 Å². The molecule has 0 heterocycles. The number of ether oxygens (including phenoxy) is 1. The van der Waals surface area contributed by atoms with Crippen molar-refractivity contribution in [3.63, 3.8) is 0 Å². The first-order valence-corrected chi connectivity index (χ1v) is 13.7. The predicted molar refractivity (Wildman–Crippen MR) is 155 cm³/mol. The van der Waals surface area contributed by atoms with Crippen molar-refractivity contribution in [1.82, 2.24) is 15.5 Å². The van der Waals surface area contributed by atoms with Crippen molar-refractivity contribution in [3.8, 4) is 0 Å². The summed E-state index contributed by atoms with van der Waals surface area (Å²) in [7, 11) is 0. The van der Waals surface area contributed by atoms with E-state index in [9.17, 15) is 14.4 Å². The molecule has 0 aliphatic rings. The smallest absolute Gasteiger partial charge is 0.408 e. The van der Waals surface area contributed by atoms with Crippen molar-refractivity contribution in [3.05, 3.63) is 70.8 Å². The molecular weight excluding hydrogens is 498 g/mol. The Bertz CT molecular complexity index is 1110. The third-order valence-corrected chi connectivity index (χ3v) is 7.05. The second-order valence-corrected chi connectivity index (χ2v) is 11.5. The number of carbonyl (C=O) groups is 3. The van der Waals surface area contributed by atoms with E-state index in [2.05, 4.69) is 23.3 Å². The minimum Gasteiger partial charge on any atom is -0.444 e. The number of benzene rings is 2. The summed E-state index contributed by atoms with van der Waals surface area (Å²) in [6.45, 7) is 15.3. The van der Waals surface area contributed by atoms with Crippen molar-refractivity contribution in [1.29, 1.82) is 0 Å². The number of hydrogen-bond donors (Lipinski definition) is 3. The SMILES string of the molecule is CCC(C)(C)N(C(=O)C(CS)NC(=O)OC(C)(C)C)C(C(=O)NCc1ccccc1)c1cccc(C)c1C. The van der Waals surface area contributed by atoms with Gasteiger partial charge in [-0.2, -0.15) is 12.6 Å². The van der Waals surface area contributed by atoms with Gasteiger partial charge < -0.3 is 20.3 Å². The average Bonchev–Trinajstić information content (AvgIpc) is 2.85. The maximum Gasteiger partial charge on any atom is 0.408 e. The zero-order chi connectivity index (χ0) is 28.7. The molecule has 0 aromatic heterocycles. The van der Waals surface area contributed by atoms with Crippen LogP contribution in [0.2, 0.25) is 0 Å². The molecule has 0 fully saturated rings. The van der Waals surface area contributed by atoms with Gasteiger partial charge in [0.15, 0.2) is 0 Å². The minimum atomic E-state index is -0.992. The van der Waals surface area contributed by atoms with Crippen LogP contribution >= 0.6 is 12.6 Å². The van der Waals surface area contributed by atoms with Gasteiger partial charge in [-0.15, -0.1) is 0 Å². The lowest BCUT2D eigenvalue weighted by atomic mass is 9.89. The molecule has 0 aliphatic carbocycles. The Morgan fingerprint density at radius 3 is 2.16 bits per heavy atom. The van der Waals surface area contributed by atoms with Crippen molar-refractivity contribution < 1.29 is 19.1 Å². The molecule has 2 rings (SSSR count). The summed E-state index contributed by atoms with van der Waals surface area (Å²) in [6.07, 6.45) is -0.131. The zero-order valence-corrected chi connectivity index (χ0v) is 24.8. The standard InChI is InChI=1S/C30H43N3O4S/c1-9-30(7,8)33(27(35)24(19-38)32-28(36)37-29(4,5)6)25(23-17-13-14-20(2)21(23)3)26(34)31-18-22-15-11-10-12-16-22/h10-17,24-25,38H,9,18-19H2,1-8H3,(H,31,34)(H,32,36). The van der Waals surface area contributed by atoms with Crippen LogP contribution in [0.3, 0.4) is 0 Å². The van der Waals surface area contributed by atoms with Crippen molar-refractivity contribution in [2.24, 2.45) is 0 Å². The highest BCUT2D eigenvalue weighted by atomic mass is 32.1. The Balaban J connectivity index is 2.57. The van der Waals surface area contributed by atoms with E-state index in [0.29, 0.717) is 13.0 Å². The number of carbonyl (C=O) groups excluding carboxylic acids is 3. The van der Waals surface area contributed by atoms with E-state index < -0.39 is 35.2 Å². The summed E-state index contributed by atoms with van der Waals surface area (Å²) >= 11 is 4.38. The van der Waals surface area contributed by atoms with Crippen LogP contribution in [0, 0.1) is 13.8 Å². The second kappa shape index (κ2) is 13.2. The lowest BCUT2D eigenvalue weighted by molar-refractivity contribution is -0.149. The number of alkyl carbamates (subject to hydrolysis) is 1. The molecule has 0 spiro atoms. The molecule has 2 N–H and O–H groups in total. The Labute approximate surface area is 233 Å². The van der Waals surface area contributed by atoms with E-state index in [1.165, 1.54) is 0 Å². The first kappa shape index (κ1) is 31.2. The van der Waals surface area contributed by atoms with Crippen LogP contribution in [0.4, 0.5) is 4.79 Å². The van der Waals surface area contributed by atoms with Gasteiger partial charge in [0, 0.05) is 17.8 Å². The first-order valence-electron chi connectivity index (χ1n) is 13.0. The fraction of sp³-hybridized carbons (Fsp3) is 0.500. The van der Waals surface area contributed by atoms with Crippen molar-refractivity contribution in [2.75, 3.05) is 5.75 Å². The largest absolute Gasteiger partial charge is 0.444 e. The Kier molecular flexibility index (Phi) is 10.8. The Hall–Kier alpha value is -3.00. The van der Waals surface area contributed by atoms with E-state index >= 15 is 0 Å². The lowest BCUT2D eigenvalue weighted by Crippen LogP contribution is -2.60. The topological polar surface area (TPSA) is 87.7 Å². The highest BCUT2D eigenvalue weighted by Gasteiger charge is 2.43. The number of nitrogens with zero attached hydrogens (tertiary/aromatic N) is 1. The van der Waals surface area contributed by atoms with Gasteiger partial charge in [0.2, 0.25) is 11.8 Å². The highest BCUT2D eigenvalue weighted by Crippen LogP contribution is 2.34. The molecular formula is C30H43N3O4S. The van der Waals surface area contributed by atoms with E-state index in [-0.39, 0.29) is 11.7 Å².